The van der Waals surface area contributed by atoms with Gasteiger partial charge < -0.3 is 130 Å². The SMILES string of the molecule is CC(C)C[C@H](NC(=O)[C@H](CC(=O)O)NC(=O)[C@H](CC(C)C)NC(=O)[C@H](CC(C)C)NC(=O)[C@H](CCCCN)NC(=O)[C@H](CCCCN)NC(=O)[C@H](CC(C)C)NC(=O)[C@H](CC(C)C)NC(=O)[C@H](CCCCN)NC(=O)[C@H](CC(C)C)NC(=O)[C@H](CC(C)C)NC(=O)[C@H](CCCCN)NC(=O)[C@H](CCCCN)NC(=O)[C@@H](N)CC(C)C)C(=O)N[C@@H](CCCCN)C(=O)NCC(=O)NCCCCCC(=O)NN. The summed E-state index contributed by atoms with van der Waals surface area (Å²) in [5.41, 5.74) is 43.5. The summed E-state index contributed by atoms with van der Waals surface area (Å²) in [6.45, 7) is 30.2. The molecule has 0 saturated heterocycles. The van der Waals surface area contributed by atoms with E-state index in [1.807, 2.05) is 55.4 Å². The fourth-order valence-corrected chi connectivity index (χ4v) is 15.5. The van der Waals surface area contributed by atoms with Gasteiger partial charge in [0.1, 0.15) is 84.6 Å². The number of amides is 17. The van der Waals surface area contributed by atoms with Crippen molar-refractivity contribution in [1.82, 2.24) is 90.5 Å². The van der Waals surface area contributed by atoms with Gasteiger partial charge in [0.2, 0.25) is 100 Å². The van der Waals surface area contributed by atoms with E-state index < -0.39 is 204 Å². The van der Waals surface area contributed by atoms with Gasteiger partial charge in [0.05, 0.1) is 19.0 Å². The minimum atomic E-state index is -1.85. The van der Waals surface area contributed by atoms with E-state index in [2.05, 4.69) is 90.5 Å². The van der Waals surface area contributed by atoms with Crippen molar-refractivity contribution in [3.05, 3.63) is 0 Å². The molecule has 34 N–H and O–H groups in total. The molecule has 140 heavy (non-hydrogen) atoms. The molecule has 0 aliphatic rings. The van der Waals surface area contributed by atoms with Gasteiger partial charge in [-0.05, 0) is 266 Å². The molecule has 17 amide bonds. The second kappa shape index (κ2) is 74.1. The van der Waals surface area contributed by atoms with E-state index in [0.717, 1.165) is 0 Å². The van der Waals surface area contributed by atoms with Gasteiger partial charge in [-0.3, -0.25) is 91.7 Å². The summed E-state index contributed by atoms with van der Waals surface area (Å²) in [4.78, 5) is 254. The number of carboxylic acids is 1. The van der Waals surface area contributed by atoms with Gasteiger partial charge in [-0.15, -0.1) is 0 Å². The number of unbranched alkanes of at least 4 members (excludes halogenated alkanes) is 8. The average Bonchev–Trinajstić information content (AvgIpc) is 0.850. The van der Waals surface area contributed by atoms with Gasteiger partial charge in [0, 0.05) is 13.0 Å². The molecular weight excluding hydrogens is 1810 g/mol. The van der Waals surface area contributed by atoms with Crippen LogP contribution in [0.25, 0.3) is 0 Å². The lowest BCUT2D eigenvalue weighted by Crippen LogP contribution is -2.61. The first-order valence-corrected chi connectivity index (χ1v) is 51.0. The van der Waals surface area contributed by atoms with Crippen molar-refractivity contribution in [2.75, 3.05) is 52.4 Å². The molecule has 0 heterocycles. The summed E-state index contributed by atoms with van der Waals surface area (Å²) >= 11 is 0. The zero-order valence-corrected chi connectivity index (χ0v) is 86.8. The molecule has 15 atom stereocenters. The summed E-state index contributed by atoms with van der Waals surface area (Å²) in [7, 11) is 0. The number of aliphatic carboxylic acids is 1. The van der Waals surface area contributed by atoms with Gasteiger partial charge in [-0.2, -0.15) is 0 Å². The average molecular weight is 1990 g/mol. The molecule has 0 saturated carbocycles. The van der Waals surface area contributed by atoms with Crippen LogP contribution < -0.4 is 136 Å². The zero-order valence-electron chi connectivity index (χ0n) is 86.8. The van der Waals surface area contributed by atoms with E-state index >= 15 is 0 Å². The maximum absolute atomic E-state index is 15.0. The highest BCUT2D eigenvalue weighted by molar-refractivity contribution is 6.01. The maximum atomic E-state index is 15.0. The Morgan fingerprint density at radius 2 is 0.421 bits per heavy atom. The zero-order chi connectivity index (χ0) is 106. The molecule has 0 aromatic carbocycles. The van der Waals surface area contributed by atoms with Crippen molar-refractivity contribution in [3.63, 3.8) is 0 Å². The van der Waals surface area contributed by atoms with Gasteiger partial charge in [0.15, 0.2) is 0 Å². The number of nitrogens with one attached hydrogen (secondary N) is 17. The Kier molecular flexibility index (Phi) is 68.9. The van der Waals surface area contributed by atoms with Gasteiger partial charge in [0.25, 0.3) is 0 Å². The number of nitrogens with two attached hydrogens (primary N) is 8. The third kappa shape index (κ3) is 58.5. The summed E-state index contributed by atoms with van der Waals surface area (Å²) in [6, 6.07) is -19.9. The quantitative estimate of drug-likeness (QED) is 0.0158. The van der Waals surface area contributed by atoms with E-state index in [4.69, 9.17) is 46.0 Å². The molecule has 0 aliphatic heterocycles. The Morgan fingerprint density at radius 3 is 0.636 bits per heavy atom. The van der Waals surface area contributed by atoms with Crippen LogP contribution in [0.2, 0.25) is 0 Å². The molecule has 0 bridgehead atoms. The largest absolute Gasteiger partial charge is 0.481 e. The normalized spacial score (nSPS) is 14.7. The Labute approximate surface area is 830 Å². The number of hydrogen-bond acceptors (Lipinski definition) is 26. The summed E-state index contributed by atoms with van der Waals surface area (Å²) in [6.07, 6.45) is 6.51. The van der Waals surface area contributed by atoms with E-state index in [0.29, 0.717) is 96.4 Å². The summed E-state index contributed by atoms with van der Waals surface area (Å²) in [5, 5.41) is 53.8. The molecule has 0 rings (SSSR count). The van der Waals surface area contributed by atoms with Crippen molar-refractivity contribution >= 4 is 106 Å². The Morgan fingerprint density at radius 1 is 0.221 bits per heavy atom. The minimum Gasteiger partial charge on any atom is -0.481 e. The monoisotopic (exact) mass is 1990 g/mol. The van der Waals surface area contributed by atoms with Crippen molar-refractivity contribution in [3.8, 4) is 0 Å². The van der Waals surface area contributed by atoms with E-state index in [1.165, 1.54) is 0 Å². The minimum absolute atomic E-state index is 0.00995. The lowest BCUT2D eigenvalue weighted by atomic mass is 9.98. The Balaban J connectivity index is 7.40. The molecule has 0 fully saturated rings. The van der Waals surface area contributed by atoms with Gasteiger partial charge in [-0.1, -0.05) is 117 Å². The molecular formula is C96H183N25O19. The Bertz CT molecular complexity index is 3750. The highest BCUT2D eigenvalue weighted by Crippen LogP contribution is 2.20. The van der Waals surface area contributed by atoms with Crippen LogP contribution in [0.5, 0.6) is 0 Å². The molecule has 0 aromatic rings. The molecule has 44 nitrogen and oxygen atoms in total. The highest BCUT2D eigenvalue weighted by atomic mass is 16.4. The molecule has 44 heteroatoms. The Hall–Kier alpha value is -9.86. The number of carbonyl (C=O) groups is 18. The van der Waals surface area contributed by atoms with Crippen LogP contribution in [0.15, 0.2) is 0 Å². The molecule has 0 spiro atoms. The number of rotatable bonds is 79. The molecule has 0 unspecified atom stereocenters. The molecule has 0 aliphatic carbocycles. The number of carbonyl (C=O) groups excluding carboxylic acids is 17. The molecule has 0 radical (unpaired) electrons. The van der Waals surface area contributed by atoms with Crippen LogP contribution in [0, 0.1) is 47.3 Å². The standard InChI is InChI=1S/C96H183N25O19/c1-56(2)46-64(103)82(126)107-66(33-20-26-40-98)84(128)109-68(35-22-28-42-100)86(130)113-74(50-60(9)10)92(136)117-73(49-59(7)8)91(135)112-70(37-24-30-44-102)88(132)115-75(51-61(11)12)93(137)116-72(48-58(5)6)90(134)111-67(34-21-27-41-99)85(129)110-69(36-23-29-43-101)87(131)114-76(52-62(13)14)94(138)118-77(53-63(15)16)95(139)120-78(54-81(124)125)96(140)119-71(47-57(3)4)89(133)108-65(32-19-25-39-97)83(127)106-55-80(123)105-45-31-17-18-38-79(122)121-104/h56-78H,17-55,97-104H2,1-16H3,(H,105,123)(H,106,127)(H,107,126)(H,108,133)(H,109,128)(H,110,129)(H,111,134)(H,112,135)(H,113,130)(H,114,131)(H,115,132)(H,116,137)(H,117,136)(H,118,138)(H,119,140)(H,120,139)(H,121,122)(H,124,125)/t64-,65-,66-,67-,68-,69-,70-,71-,72-,73-,74-,75-,76-,77-,78-/m0/s1. The maximum Gasteiger partial charge on any atom is 0.305 e. The van der Waals surface area contributed by atoms with Crippen molar-refractivity contribution < 1.29 is 91.4 Å². The molecule has 0 aromatic heterocycles. The number of hydrazine groups is 1. The van der Waals surface area contributed by atoms with Crippen LogP contribution in [-0.4, -0.2) is 254 Å². The number of carboxylic acid groups (broad SMARTS) is 1. The van der Waals surface area contributed by atoms with Crippen LogP contribution in [0.4, 0.5) is 0 Å². The lowest BCUT2D eigenvalue weighted by Gasteiger charge is -2.30. The third-order valence-electron chi connectivity index (χ3n) is 22.9. The third-order valence-corrected chi connectivity index (χ3v) is 22.9. The summed E-state index contributed by atoms with van der Waals surface area (Å²) < 4.78 is 0. The van der Waals surface area contributed by atoms with E-state index in [1.54, 1.807) is 55.4 Å². The van der Waals surface area contributed by atoms with Crippen LogP contribution in [0.1, 0.15) is 310 Å². The van der Waals surface area contributed by atoms with E-state index in [-0.39, 0.29) is 195 Å². The lowest BCUT2D eigenvalue weighted by molar-refractivity contribution is -0.142. The van der Waals surface area contributed by atoms with Crippen molar-refractivity contribution in [1.29, 1.82) is 0 Å². The van der Waals surface area contributed by atoms with Crippen LogP contribution in [0.3, 0.4) is 0 Å². The first kappa shape index (κ1) is 130. The second-order valence-electron chi connectivity index (χ2n) is 40.2. The topological polar surface area (TPSA) is 740 Å². The fraction of sp³-hybridized carbons (Fsp3) is 0.812. The second-order valence-corrected chi connectivity index (χ2v) is 40.2. The first-order chi connectivity index (χ1) is 66.0. The van der Waals surface area contributed by atoms with Crippen molar-refractivity contribution in [2.45, 2.75) is 400 Å². The van der Waals surface area contributed by atoms with Crippen LogP contribution >= 0.6 is 0 Å². The summed E-state index contributed by atoms with van der Waals surface area (Å²) in [5.74, 6) is -11.0. The number of hydrogen-bond donors (Lipinski definition) is 26. The van der Waals surface area contributed by atoms with Gasteiger partial charge in [-0.25, -0.2) is 5.84 Å². The van der Waals surface area contributed by atoms with Crippen LogP contribution in [-0.2, 0) is 86.3 Å². The molecule has 806 valence electrons. The predicted molar refractivity (Wildman–Crippen MR) is 537 cm³/mol. The smallest absolute Gasteiger partial charge is 0.305 e. The van der Waals surface area contributed by atoms with Crippen molar-refractivity contribution in [2.24, 2.45) is 93.3 Å². The first-order valence-electron chi connectivity index (χ1n) is 51.0. The fourth-order valence-electron chi connectivity index (χ4n) is 15.5. The predicted octanol–water partition coefficient (Wildman–Crippen LogP) is -0.499. The highest BCUT2D eigenvalue weighted by Gasteiger charge is 2.40. The van der Waals surface area contributed by atoms with Gasteiger partial charge >= 0.3 is 5.97 Å². The van der Waals surface area contributed by atoms with E-state index in [9.17, 15) is 91.4 Å².